The minimum Gasteiger partial charge on any atom is -0.490 e. The van der Waals surface area contributed by atoms with Crippen LogP contribution in [0.25, 0.3) is 6.08 Å². The van der Waals surface area contributed by atoms with Gasteiger partial charge in [-0.2, -0.15) is 0 Å². The Kier molecular flexibility index (Phi) is 7.60. The first-order valence-electron chi connectivity index (χ1n) is 10.1. The van der Waals surface area contributed by atoms with Crippen LogP contribution < -0.4 is 9.47 Å². The van der Waals surface area contributed by atoms with Gasteiger partial charge in [-0.3, -0.25) is 14.5 Å². The Morgan fingerprint density at radius 2 is 1.55 bits per heavy atom. The number of amides is 2. The van der Waals surface area contributed by atoms with Crippen LogP contribution in [-0.4, -0.2) is 29.2 Å². The quantitative estimate of drug-likeness (QED) is 0.323. The molecule has 1 aliphatic rings. The Hall–Kier alpha value is -2.93. The molecule has 0 atom stereocenters. The number of thioether (sulfide) groups is 1. The highest BCUT2D eigenvalue weighted by atomic mass is 35.5. The van der Waals surface area contributed by atoms with Gasteiger partial charge in [0, 0.05) is 10.6 Å². The normalized spacial score (nSPS) is 14.7. The Balaban J connectivity index is 1.41. The van der Waals surface area contributed by atoms with E-state index < -0.39 is 0 Å². The first-order chi connectivity index (χ1) is 16.0. The van der Waals surface area contributed by atoms with Crippen LogP contribution in [0.3, 0.4) is 0 Å². The number of hydrogen-bond donors (Lipinski definition) is 0. The number of ether oxygens (including phenoxy) is 2. The zero-order chi connectivity index (χ0) is 23.2. The van der Waals surface area contributed by atoms with Gasteiger partial charge in [-0.25, -0.2) is 0 Å². The van der Waals surface area contributed by atoms with Gasteiger partial charge in [-0.1, -0.05) is 65.7 Å². The summed E-state index contributed by atoms with van der Waals surface area (Å²) in [7, 11) is 0. The molecule has 0 aliphatic carbocycles. The molecular formula is C25H19Cl2NO4S. The van der Waals surface area contributed by atoms with E-state index in [9.17, 15) is 9.59 Å². The van der Waals surface area contributed by atoms with E-state index in [-0.39, 0.29) is 24.3 Å². The zero-order valence-electron chi connectivity index (χ0n) is 17.4. The summed E-state index contributed by atoms with van der Waals surface area (Å²) in [6.07, 6.45) is 1.68. The minimum atomic E-state index is -0.361. The molecule has 0 aromatic heterocycles. The fourth-order valence-electron chi connectivity index (χ4n) is 3.12. The van der Waals surface area contributed by atoms with Crippen LogP contribution in [0, 0.1) is 0 Å². The van der Waals surface area contributed by atoms with E-state index >= 15 is 0 Å². The molecule has 0 radical (unpaired) electrons. The van der Waals surface area contributed by atoms with Crippen molar-refractivity contribution in [1.82, 2.24) is 4.90 Å². The summed E-state index contributed by atoms with van der Waals surface area (Å²) in [5.41, 5.74) is 1.68. The van der Waals surface area contributed by atoms with Crippen molar-refractivity contribution >= 4 is 52.2 Å². The molecule has 0 saturated carbocycles. The van der Waals surface area contributed by atoms with Crippen LogP contribution in [-0.2, 0) is 11.4 Å². The largest absolute Gasteiger partial charge is 0.490 e. The van der Waals surface area contributed by atoms with Crippen LogP contribution in [0.2, 0.25) is 10.0 Å². The molecule has 33 heavy (non-hydrogen) atoms. The van der Waals surface area contributed by atoms with Crippen LogP contribution in [0.1, 0.15) is 11.1 Å². The molecule has 8 heteroatoms. The molecule has 0 bridgehead atoms. The van der Waals surface area contributed by atoms with E-state index in [1.807, 2.05) is 36.4 Å². The lowest BCUT2D eigenvalue weighted by molar-refractivity contribution is -0.123. The highest BCUT2D eigenvalue weighted by Gasteiger charge is 2.35. The second kappa shape index (κ2) is 10.8. The average Bonchev–Trinajstić information content (AvgIpc) is 3.08. The smallest absolute Gasteiger partial charge is 0.293 e. The van der Waals surface area contributed by atoms with Gasteiger partial charge in [0.2, 0.25) is 0 Å². The van der Waals surface area contributed by atoms with E-state index in [0.29, 0.717) is 38.6 Å². The fraction of sp³-hybridized carbons (Fsp3) is 0.120. The van der Waals surface area contributed by atoms with Crippen LogP contribution in [0.15, 0.2) is 77.7 Å². The van der Waals surface area contributed by atoms with Gasteiger partial charge in [0.1, 0.15) is 24.7 Å². The third-order valence-electron chi connectivity index (χ3n) is 4.80. The number of rotatable bonds is 8. The molecule has 0 spiro atoms. The minimum absolute atomic E-state index is 0.127. The Morgan fingerprint density at radius 3 is 2.30 bits per heavy atom. The maximum atomic E-state index is 12.8. The molecule has 2 amide bonds. The van der Waals surface area contributed by atoms with E-state index in [2.05, 4.69) is 0 Å². The van der Waals surface area contributed by atoms with Crippen molar-refractivity contribution in [2.24, 2.45) is 0 Å². The van der Waals surface area contributed by atoms with Gasteiger partial charge < -0.3 is 9.47 Å². The van der Waals surface area contributed by atoms with Gasteiger partial charge in [0.25, 0.3) is 11.1 Å². The predicted octanol–water partition coefficient (Wildman–Crippen LogP) is 6.69. The van der Waals surface area contributed by atoms with E-state index in [1.165, 1.54) is 4.90 Å². The van der Waals surface area contributed by atoms with E-state index in [0.717, 1.165) is 17.3 Å². The summed E-state index contributed by atoms with van der Waals surface area (Å²) >= 11 is 12.9. The number of carbonyl (C=O) groups is 2. The molecule has 5 nitrogen and oxygen atoms in total. The molecule has 1 aliphatic heterocycles. The predicted molar refractivity (Wildman–Crippen MR) is 132 cm³/mol. The number of halogens is 2. The Labute approximate surface area is 205 Å². The molecular weight excluding hydrogens is 481 g/mol. The second-order valence-electron chi connectivity index (χ2n) is 7.07. The van der Waals surface area contributed by atoms with Crippen molar-refractivity contribution in [3.05, 3.63) is 98.9 Å². The number of imide groups is 1. The molecule has 3 aromatic carbocycles. The average molecular weight is 500 g/mol. The summed E-state index contributed by atoms with van der Waals surface area (Å²) < 4.78 is 11.6. The molecule has 4 rings (SSSR count). The summed E-state index contributed by atoms with van der Waals surface area (Å²) in [5.74, 6) is 0.759. The lowest BCUT2D eigenvalue weighted by Crippen LogP contribution is -2.32. The molecule has 1 fully saturated rings. The lowest BCUT2D eigenvalue weighted by Gasteiger charge is -2.14. The first kappa shape index (κ1) is 23.2. The number of para-hydroxylation sites is 2. The molecule has 1 saturated heterocycles. The third-order valence-corrected chi connectivity index (χ3v) is 6.27. The third kappa shape index (κ3) is 5.90. The van der Waals surface area contributed by atoms with E-state index in [1.54, 1.807) is 42.5 Å². The van der Waals surface area contributed by atoms with Crippen molar-refractivity contribution in [1.29, 1.82) is 0 Å². The standard InChI is InChI=1S/C25H19Cl2NO4S/c26-19-11-9-17(10-12-19)16-32-21-7-3-1-5-18(21)15-23-24(29)28(25(30)33-23)13-14-31-22-8-4-2-6-20(22)27/h1-12,15H,13-14,16H2/b23-15-. The summed E-state index contributed by atoms with van der Waals surface area (Å²) in [4.78, 5) is 26.8. The molecule has 168 valence electrons. The van der Waals surface area contributed by atoms with Crippen molar-refractivity contribution in [3.8, 4) is 11.5 Å². The maximum absolute atomic E-state index is 12.8. The Bertz CT molecular complexity index is 1200. The first-order valence-corrected chi connectivity index (χ1v) is 11.7. The van der Waals surface area contributed by atoms with Crippen molar-refractivity contribution < 1.29 is 19.1 Å². The maximum Gasteiger partial charge on any atom is 0.293 e. The molecule has 0 N–H and O–H groups in total. The molecule has 1 heterocycles. The van der Waals surface area contributed by atoms with Gasteiger partial charge >= 0.3 is 0 Å². The van der Waals surface area contributed by atoms with Crippen LogP contribution >= 0.6 is 35.0 Å². The van der Waals surface area contributed by atoms with Crippen LogP contribution in [0.5, 0.6) is 11.5 Å². The topological polar surface area (TPSA) is 55.8 Å². The van der Waals surface area contributed by atoms with Gasteiger partial charge in [0.05, 0.1) is 16.5 Å². The lowest BCUT2D eigenvalue weighted by atomic mass is 10.1. The Morgan fingerprint density at radius 1 is 0.848 bits per heavy atom. The summed E-state index contributed by atoms with van der Waals surface area (Å²) in [6, 6.07) is 21.8. The number of nitrogens with zero attached hydrogens (tertiary/aromatic N) is 1. The number of benzene rings is 3. The summed E-state index contributed by atoms with van der Waals surface area (Å²) in [6.45, 7) is 0.626. The fourth-order valence-corrected chi connectivity index (χ4v) is 4.29. The second-order valence-corrected chi connectivity index (χ2v) is 8.90. The number of hydrogen-bond acceptors (Lipinski definition) is 5. The van der Waals surface area contributed by atoms with Gasteiger partial charge in [-0.05, 0) is 53.7 Å². The highest BCUT2D eigenvalue weighted by Crippen LogP contribution is 2.34. The summed E-state index contributed by atoms with van der Waals surface area (Å²) in [5, 5.41) is 0.794. The van der Waals surface area contributed by atoms with Gasteiger partial charge in [0.15, 0.2) is 0 Å². The van der Waals surface area contributed by atoms with Crippen molar-refractivity contribution in [2.75, 3.05) is 13.2 Å². The monoisotopic (exact) mass is 499 g/mol. The van der Waals surface area contributed by atoms with Crippen molar-refractivity contribution in [3.63, 3.8) is 0 Å². The van der Waals surface area contributed by atoms with Gasteiger partial charge in [-0.15, -0.1) is 0 Å². The highest BCUT2D eigenvalue weighted by molar-refractivity contribution is 8.18. The molecule has 0 unspecified atom stereocenters. The van der Waals surface area contributed by atoms with E-state index in [4.69, 9.17) is 32.7 Å². The SMILES string of the molecule is O=C1S/C(=C\c2ccccc2OCc2ccc(Cl)cc2)C(=O)N1CCOc1ccccc1Cl. The van der Waals surface area contributed by atoms with Crippen LogP contribution in [0.4, 0.5) is 4.79 Å². The molecule has 3 aromatic rings. The van der Waals surface area contributed by atoms with Crippen molar-refractivity contribution in [2.45, 2.75) is 6.61 Å². The zero-order valence-corrected chi connectivity index (χ0v) is 19.7. The number of carbonyl (C=O) groups excluding carboxylic acids is 2.